The first kappa shape index (κ1) is 14.9. The number of rotatable bonds is 6. The maximum Gasteiger partial charge on any atom is 0.271 e. The minimum Gasteiger partial charge on any atom is -0.394 e. The highest BCUT2D eigenvalue weighted by atomic mass is 32.1. The SMILES string of the molecule is O=C(NC(CO)CN1CCCCC1)c1csc(C2CC2)n1. The van der Waals surface area contributed by atoms with Crippen LogP contribution in [0.5, 0.6) is 0 Å². The first-order valence-corrected chi connectivity index (χ1v) is 8.73. The Bertz CT molecular complexity index is 481. The monoisotopic (exact) mass is 309 g/mol. The number of nitrogens with one attached hydrogen (secondary N) is 1. The van der Waals surface area contributed by atoms with Crippen molar-refractivity contribution in [2.75, 3.05) is 26.2 Å². The molecule has 1 saturated heterocycles. The van der Waals surface area contributed by atoms with Crippen LogP contribution in [0.3, 0.4) is 0 Å². The number of amides is 1. The summed E-state index contributed by atoms with van der Waals surface area (Å²) in [6.07, 6.45) is 6.10. The van der Waals surface area contributed by atoms with E-state index in [0.717, 1.165) is 24.6 Å². The van der Waals surface area contributed by atoms with Crippen molar-refractivity contribution in [2.45, 2.75) is 44.1 Å². The summed E-state index contributed by atoms with van der Waals surface area (Å²) in [5.41, 5.74) is 0.499. The highest BCUT2D eigenvalue weighted by molar-refractivity contribution is 7.10. The van der Waals surface area contributed by atoms with Crippen molar-refractivity contribution in [2.24, 2.45) is 0 Å². The van der Waals surface area contributed by atoms with Crippen LogP contribution in [0, 0.1) is 0 Å². The van der Waals surface area contributed by atoms with Gasteiger partial charge in [0.1, 0.15) is 5.69 Å². The summed E-state index contributed by atoms with van der Waals surface area (Å²) in [5.74, 6) is 0.424. The van der Waals surface area contributed by atoms with E-state index in [2.05, 4.69) is 15.2 Å². The second-order valence-corrected chi connectivity index (χ2v) is 6.95. The van der Waals surface area contributed by atoms with E-state index in [4.69, 9.17) is 0 Å². The molecule has 1 atom stereocenters. The van der Waals surface area contributed by atoms with Crippen LogP contribution in [-0.2, 0) is 0 Å². The number of aliphatic hydroxyl groups is 1. The van der Waals surface area contributed by atoms with Gasteiger partial charge in [-0.3, -0.25) is 4.79 Å². The van der Waals surface area contributed by atoms with E-state index in [1.165, 1.54) is 32.1 Å². The Labute approximate surface area is 129 Å². The van der Waals surface area contributed by atoms with Gasteiger partial charge in [0.25, 0.3) is 5.91 Å². The van der Waals surface area contributed by atoms with Gasteiger partial charge >= 0.3 is 0 Å². The van der Waals surface area contributed by atoms with E-state index in [9.17, 15) is 9.90 Å². The zero-order valence-electron chi connectivity index (χ0n) is 12.3. The molecule has 1 saturated carbocycles. The summed E-state index contributed by atoms with van der Waals surface area (Å²) >= 11 is 1.57. The molecule has 1 aromatic heterocycles. The van der Waals surface area contributed by atoms with Gasteiger partial charge in [-0.15, -0.1) is 11.3 Å². The number of hydrogen-bond donors (Lipinski definition) is 2. The standard InChI is InChI=1S/C15H23N3O2S/c19-9-12(8-18-6-2-1-3-7-18)16-14(20)13-10-21-15(17-13)11-4-5-11/h10-12,19H,1-9H2,(H,16,20). The van der Waals surface area contributed by atoms with Gasteiger partial charge in [0, 0.05) is 17.8 Å². The zero-order valence-corrected chi connectivity index (χ0v) is 13.1. The van der Waals surface area contributed by atoms with Gasteiger partial charge in [-0.2, -0.15) is 0 Å². The molecule has 0 aromatic carbocycles. The van der Waals surface area contributed by atoms with Crippen LogP contribution >= 0.6 is 11.3 Å². The van der Waals surface area contributed by atoms with E-state index in [1.807, 2.05) is 5.38 Å². The van der Waals surface area contributed by atoms with E-state index in [-0.39, 0.29) is 18.6 Å². The maximum atomic E-state index is 12.2. The van der Waals surface area contributed by atoms with Gasteiger partial charge in [0.2, 0.25) is 0 Å². The quantitative estimate of drug-likeness (QED) is 0.838. The Morgan fingerprint density at radius 1 is 1.43 bits per heavy atom. The smallest absolute Gasteiger partial charge is 0.271 e. The Balaban J connectivity index is 1.53. The second kappa shape index (κ2) is 6.85. The predicted molar refractivity (Wildman–Crippen MR) is 82.7 cm³/mol. The summed E-state index contributed by atoms with van der Waals surface area (Å²) in [6.45, 7) is 2.83. The number of carbonyl (C=O) groups is 1. The molecule has 0 bridgehead atoms. The summed E-state index contributed by atoms with van der Waals surface area (Å²) in [6, 6.07) is -0.207. The van der Waals surface area contributed by atoms with Gasteiger partial charge in [-0.1, -0.05) is 6.42 Å². The van der Waals surface area contributed by atoms with Crippen molar-refractivity contribution in [3.63, 3.8) is 0 Å². The molecule has 21 heavy (non-hydrogen) atoms. The molecule has 1 unspecified atom stereocenters. The fourth-order valence-corrected chi connectivity index (χ4v) is 3.74. The lowest BCUT2D eigenvalue weighted by atomic mass is 10.1. The third-order valence-corrected chi connectivity index (χ3v) is 5.17. The molecule has 3 rings (SSSR count). The predicted octanol–water partition coefficient (Wildman–Crippen LogP) is 1.60. The van der Waals surface area contributed by atoms with Crippen molar-refractivity contribution < 1.29 is 9.90 Å². The minimum atomic E-state index is -0.207. The van der Waals surface area contributed by atoms with Crippen LogP contribution in [0.4, 0.5) is 0 Å². The van der Waals surface area contributed by atoms with Crippen LogP contribution in [0.1, 0.15) is 53.5 Å². The number of thiazole rings is 1. The molecule has 2 heterocycles. The third kappa shape index (κ3) is 4.02. The second-order valence-electron chi connectivity index (χ2n) is 6.06. The average molecular weight is 309 g/mol. The van der Waals surface area contributed by atoms with Gasteiger partial charge < -0.3 is 15.3 Å². The average Bonchev–Trinajstić information content (AvgIpc) is 3.24. The fraction of sp³-hybridized carbons (Fsp3) is 0.733. The molecule has 0 spiro atoms. The highest BCUT2D eigenvalue weighted by Gasteiger charge is 2.28. The lowest BCUT2D eigenvalue weighted by molar-refractivity contribution is 0.0882. The van der Waals surface area contributed by atoms with Gasteiger partial charge in [0.05, 0.1) is 17.7 Å². The van der Waals surface area contributed by atoms with Crippen molar-refractivity contribution in [1.29, 1.82) is 0 Å². The van der Waals surface area contributed by atoms with Crippen LogP contribution in [-0.4, -0.2) is 53.2 Å². The first-order chi connectivity index (χ1) is 10.3. The zero-order chi connectivity index (χ0) is 14.7. The first-order valence-electron chi connectivity index (χ1n) is 7.86. The van der Waals surface area contributed by atoms with Gasteiger partial charge in [0.15, 0.2) is 0 Å². The summed E-state index contributed by atoms with van der Waals surface area (Å²) in [5, 5.41) is 15.3. The molecule has 6 heteroatoms. The van der Waals surface area contributed by atoms with Gasteiger partial charge in [-0.25, -0.2) is 4.98 Å². The normalized spacial score (nSPS) is 21.2. The van der Waals surface area contributed by atoms with Crippen LogP contribution in [0.15, 0.2) is 5.38 Å². The number of aromatic nitrogens is 1. The van der Waals surface area contributed by atoms with Crippen molar-refractivity contribution in [3.05, 3.63) is 16.1 Å². The van der Waals surface area contributed by atoms with E-state index < -0.39 is 0 Å². The minimum absolute atomic E-state index is 0.0259. The topological polar surface area (TPSA) is 65.5 Å². The van der Waals surface area contributed by atoms with E-state index >= 15 is 0 Å². The molecular formula is C15H23N3O2S. The van der Waals surface area contributed by atoms with Gasteiger partial charge in [-0.05, 0) is 38.8 Å². The van der Waals surface area contributed by atoms with Crippen LogP contribution < -0.4 is 5.32 Å². The number of carbonyl (C=O) groups excluding carboxylic acids is 1. The maximum absolute atomic E-state index is 12.2. The number of hydrogen-bond acceptors (Lipinski definition) is 5. The molecule has 1 amide bonds. The highest BCUT2D eigenvalue weighted by Crippen LogP contribution is 2.41. The summed E-state index contributed by atoms with van der Waals surface area (Å²) in [4.78, 5) is 19.0. The summed E-state index contributed by atoms with van der Waals surface area (Å²) in [7, 11) is 0. The largest absolute Gasteiger partial charge is 0.394 e. The molecule has 2 aliphatic rings. The van der Waals surface area contributed by atoms with E-state index in [1.54, 1.807) is 11.3 Å². The number of aliphatic hydroxyl groups excluding tert-OH is 1. The molecule has 2 fully saturated rings. The summed E-state index contributed by atoms with van der Waals surface area (Å²) < 4.78 is 0. The molecule has 1 aromatic rings. The molecule has 1 aliphatic heterocycles. The molecule has 0 radical (unpaired) electrons. The Hall–Kier alpha value is -0.980. The van der Waals surface area contributed by atoms with Crippen molar-refractivity contribution >= 4 is 17.2 Å². The van der Waals surface area contributed by atoms with Crippen LogP contribution in [0.2, 0.25) is 0 Å². The number of nitrogens with zero attached hydrogens (tertiary/aromatic N) is 2. The fourth-order valence-electron chi connectivity index (χ4n) is 2.77. The molecular weight excluding hydrogens is 286 g/mol. The Morgan fingerprint density at radius 2 is 2.19 bits per heavy atom. The Kier molecular flexibility index (Phi) is 4.87. The Morgan fingerprint density at radius 3 is 2.86 bits per heavy atom. The molecule has 5 nitrogen and oxygen atoms in total. The van der Waals surface area contributed by atoms with Crippen LogP contribution in [0.25, 0.3) is 0 Å². The lowest BCUT2D eigenvalue weighted by Gasteiger charge is -2.29. The molecule has 1 aliphatic carbocycles. The third-order valence-electron chi connectivity index (χ3n) is 4.16. The molecule has 2 N–H and O–H groups in total. The van der Waals surface area contributed by atoms with Crippen molar-refractivity contribution in [3.8, 4) is 0 Å². The van der Waals surface area contributed by atoms with Crippen molar-refractivity contribution in [1.82, 2.24) is 15.2 Å². The van der Waals surface area contributed by atoms with E-state index in [0.29, 0.717) is 11.6 Å². The number of piperidine rings is 1. The number of likely N-dealkylation sites (tertiary alicyclic amines) is 1. The lowest BCUT2D eigenvalue weighted by Crippen LogP contribution is -2.47. The molecule has 116 valence electrons.